The van der Waals surface area contributed by atoms with Crippen molar-refractivity contribution in [3.63, 3.8) is 0 Å². The lowest BCUT2D eigenvalue weighted by atomic mass is 9.90. The van der Waals surface area contributed by atoms with E-state index in [0.29, 0.717) is 51.7 Å². The summed E-state index contributed by atoms with van der Waals surface area (Å²) in [6.07, 6.45) is 0. The summed E-state index contributed by atoms with van der Waals surface area (Å²) in [5.74, 6) is -0.256. The lowest BCUT2D eigenvalue weighted by molar-refractivity contribution is -0.153. The molecule has 0 radical (unpaired) electrons. The molecule has 3 rings (SSSR count). The fraction of sp³-hybridized carbons (Fsp3) is 0.579. The molecule has 2 aliphatic heterocycles. The van der Waals surface area contributed by atoms with E-state index in [0.717, 1.165) is 5.56 Å². The summed E-state index contributed by atoms with van der Waals surface area (Å²) in [6.45, 7) is 10.2. The Morgan fingerprint density at radius 2 is 1.56 bits per heavy atom. The van der Waals surface area contributed by atoms with Gasteiger partial charge in [-0.05, 0) is 19.1 Å². The summed E-state index contributed by atoms with van der Waals surface area (Å²) in [4.78, 5) is 21.4. The van der Waals surface area contributed by atoms with Gasteiger partial charge in [0.1, 0.15) is 13.2 Å². The van der Waals surface area contributed by atoms with Gasteiger partial charge < -0.3 is 18.9 Å². The lowest BCUT2D eigenvalue weighted by Crippen LogP contribution is -2.44. The van der Waals surface area contributed by atoms with Crippen LogP contribution in [0.1, 0.15) is 29.8 Å². The van der Waals surface area contributed by atoms with Crippen molar-refractivity contribution in [1.29, 1.82) is 0 Å². The summed E-state index contributed by atoms with van der Waals surface area (Å²) in [7, 11) is 0. The molecule has 2 saturated heterocycles. The largest absolute Gasteiger partial charge is 0.467 e. The summed E-state index contributed by atoms with van der Waals surface area (Å²) in [5, 5.41) is 0. The monoisotopic (exact) mass is 350 g/mol. The zero-order chi connectivity index (χ0) is 18.3. The van der Waals surface area contributed by atoms with Gasteiger partial charge in [0.05, 0.1) is 32.0 Å². The van der Waals surface area contributed by atoms with Crippen LogP contribution in [0.2, 0.25) is 0 Å². The molecule has 25 heavy (non-hydrogen) atoms. The van der Waals surface area contributed by atoms with Gasteiger partial charge in [0.2, 0.25) is 0 Å². The molecule has 1 aromatic carbocycles. The highest BCUT2D eigenvalue weighted by Gasteiger charge is 2.35. The van der Waals surface area contributed by atoms with Crippen LogP contribution in [0.4, 0.5) is 0 Å². The molecule has 1 aromatic rings. The van der Waals surface area contributed by atoms with Crippen molar-refractivity contribution in [3.05, 3.63) is 35.4 Å². The SMILES string of the molecule is CC1(COC=O)COC1.Cc1ccc(C(=O)OCC2(C)COC2)cc1. The Balaban J connectivity index is 0.000000212. The normalized spacial score (nSPS) is 19.3. The topological polar surface area (TPSA) is 71.1 Å². The van der Waals surface area contributed by atoms with Crippen molar-refractivity contribution in [2.75, 3.05) is 39.6 Å². The third kappa shape index (κ3) is 5.83. The second kappa shape index (κ2) is 8.45. The molecular weight excluding hydrogens is 324 g/mol. The van der Waals surface area contributed by atoms with Crippen molar-refractivity contribution in [2.24, 2.45) is 10.8 Å². The van der Waals surface area contributed by atoms with Crippen LogP contribution in [-0.4, -0.2) is 52.1 Å². The van der Waals surface area contributed by atoms with E-state index < -0.39 is 0 Å². The Morgan fingerprint density at radius 1 is 1.04 bits per heavy atom. The highest BCUT2D eigenvalue weighted by molar-refractivity contribution is 5.89. The van der Waals surface area contributed by atoms with Crippen LogP contribution in [0.25, 0.3) is 0 Å². The van der Waals surface area contributed by atoms with Gasteiger partial charge in [0, 0.05) is 10.8 Å². The third-order valence-corrected chi connectivity index (χ3v) is 4.14. The highest BCUT2D eigenvalue weighted by Crippen LogP contribution is 2.27. The first kappa shape index (κ1) is 19.4. The van der Waals surface area contributed by atoms with Crippen molar-refractivity contribution in [2.45, 2.75) is 20.8 Å². The summed E-state index contributed by atoms with van der Waals surface area (Å²) in [6, 6.07) is 7.39. The van der Waals surface area contributed by atoms with Gasteiger partial charge in [-0.3, -0.25) is 4.79 Å². The Kier molecular flexibility index (Phi) is 6.56. The van der Waals surface area contributed by atoms with Crippen molar-refractivity contribution >= 4 is 12.4 Å². The maximum atomic E-state index is 11.7. The number of hydrogen-bond acceptors (Lipinski definition) is 6. The number of hydrogen-bond donors (Lipinski definition) is 0. The first-order valence-electron chi connectivity index (χ1n) is 8.30. The summed E-state index contributed by atoms with van der Waals surface area (Å²) in [5.41, 5.74) is 1.85. The predicted octanol–water partition coefficient (Wildman–Crippen LogP) is 2.38. The first-order valence-corrected chi connectivity index (χ1v) is 8.30. The van der Waals surface area contributed by atoms with Crippen LogP contribution in [0.15, 0.2) is 24.3 Å². The van der Waals surface area contributed by atoms with Gasteiger partial charge in [0.15, 0.2) is 0 Å². The van der Waals surface area contributed by atoms with Gasteiger partial charge in [-0.15, -0.1) is 0 Å². The summed E-state index contributed by atoms with van der Waals surface area (Å²) < 4.78 is 19.9. The molecule has 0 atom stereocenters. The predicted molar refractivity (Wildman–Crippen MR) is 91.3 cm³/mol. The molecule has 2 heterocycles. The van der Waals surface area contributed by atoms with E-state index in [1.54, 1.807) is 12.1 Å². The van der Waals surface area contributed by atoms with E-state index in [1.165, 1.54) is 0 Å². The number of carbonyl (C=O) groups is 2. The van der Waals surface area contributed by atoms with Gasteiger partial charge in [-0.25, -0.2) is 4.79 Å². The van der Waals surface area contributed by atoms with Crippen molar-refractivity contribution in [3.8, 4) is 0 Å². The van der Waals surface area contributed by atoms with Crippen molar-refractivity contribution < 1.29 is 28.5 Å². The number of ether oxygens (including phenoxy) is 4. The fourth-order valence-corrected chi connectivity index (χ4v) is 2.32. The molecule has 0 aliphatic carbocycles. The molecule has 2 fully saturated rings. The highest BCUT2D eigenvalue weighted by atomic mass is 16.5. The van der Waals surface area contributed by atoms with Crippen LogP contribution < -0.4 is 0 Å². The molecule has 6 heteroatoms. The van der Waals surface area contributed by atoms with E-state index in [4.69, 9.17) is 14.2 Å². The quantitative estimate of drug-likeness (QED) is 0.579. The Labute approximate surface area is 148 Å². The summed E-state index contributed by atoms with van der Waals surface area (Å²) >= 11 is 0. The minimum Gasteiger partial charge on any atom is -0.467 e. The van der Waals surface area contributed by atoms with Crippen LogP contribution >= 0.6 is 0 Å². The molecule has 0 unspecified atom stereocenters. The van der Waals surface area contributed by atoms with Crippen LogP contribution in [-0.2, 0) is 23.7 Å². The average Bonchev–Trinajstić information content (AvgIpc) is 2.55. The Bertz CT molecular complexity index is 572. The van der Waals surface area contributed by atoms with Crippen LogP contribution in [0.5, 0.6) is 0 Å². The third-order valence-electron chi connectivity index (χ3n) is 4.14. The Morgan fingerprint density at radius 3 is 2.00 bits per heavy atom. The maximum Gasteiger partial charge on any atom is 0.338 e. The van der Waals surface area contributed by atoms with E-state index in [9.17, 15) is 9.59 Å². The lowest BCUT2D eigenvalue weighted by Gasteiger charge is -2.37. The zero-order valence-electron chi connectivity index (χ0n) is 15.1. The Hall–Kier alpha value is -1.92. The van der Waals surface area contributed by atoms with Crippen LogP contribution in [0, 0.1) is 17.8 Å². The number of aryl methyl sites for hydroxylation is 1. The first-order chi connectivity index (χ1) is 11.9. The molecule has 138 valence electrons. The smallest absolute Gasteiger partial charge is 0.338 e. The molecule has 0 spiro atoms. The van der Waals surface area contributed by atoms with Crippen LogP contribution in [0.3, 0.4) is 0 Å². The van der Waals surface area contributed by atoms with E-state index >= 15 is 0 Å². The number of benzene rings is 1. The zero-order valence-corrected chi connectivity index (χ0v) is 15.1. The maximum absolute atomic E-state index is 11.7. The standard InChI is InChI=1S/C13H16O3.C6H10O3/c1-10-3-5-11(6-4-10)12(14)16-9-13(2)7-15-8-13;1-6(2-8-3-6)4-9-5-7/h3-6H,7-9H2,1-2H3;5H,2-4H2,1H3. The van der Waals surface area contributed by atoms with E-state index in [-0.39, 0.29) is 16.8 Å². The minimum absolute atomic E-state index is 0.0142. The van der Waals surface area contributed by atoms with E-state index in [1.807, 2.05) is 26.0 Å². The molecule has 0 N–H and O–H groups in total. The average molecular weight is 350 g/mol. The molecule has 2 aliphatic rings. The molecular formula is C19H26O6. The molecule has 0 aromatic heterocycles. The van der Waals surface area contributed by atoms with Gasteiger partial charge in [-0.1, -0.05) is 31.5 Å². The second-order valence-electron chi connectivity index (χ2n) is 7.46. The molecule has 0 bridgehead atoms. The molecule has 0 saturated carbocycles. The number of rotatable bonds is 6. The van der Waals surface area contributed by atoms with E-state index in [2.05, 4.69) is 11.7 Å². The second-order valence-corrected chi connectivity index (χ2v) is 7.46. The number of carbonyl (C=O) groups excluding carboxylic acids is 2. The molecule has 6 nitrogen and oxygen atoms in total. The van der Waals surface area contributed by atoms with Gasteiger partial charge >= 0.3 is 5.97 Å². The molecule has 0 amide bonds. The minimum atomic E-state index is -0.256. The number of esters is 1. The van der Waals surface area contributed by atoms with Crippen molar-refractivity contribution in [1.82, 2.24) is 0 Å². The van der Waals surface area contributed by atoms with Gasteiger partial charge in [0.25, 0.3) is 6.47 Å². The van der Waals surface area contributed by atoms with Gasteiger partial charge in [-0.2, -0.15) is 0 Å². The fourth-order valence-electron chi connectivity index (χ4n) is 2.32.